The number of aromatic amines is 1. The van der Waals surface area contributed by atoms with E-state index in [-0.39, 0.29) is 265 Å². The Balaban J connectivity index is 0.000000294. The van der Waals surface area contributed by atoms with Crippen LogP contribution in [-0.2, 0) is 30.5 Å². The van der Waals surface area contributed by atoms with Crippen LogP contribution in [0.25, 0.3) is 0 Å². The van der Waals surface area contributed by atoms with Gasteiger partial charge in [-0.1, -0.05) is 93.0 Å². The van der Waals surface area contributed by atoms with Crippen molar-refractivity contribution in [1.29, 1.82) is 0 Å². The smallest absolute Gasteiger partial charge is 1.00 e. The van der Waals surface area contributed by atoms with Crippen molar-refractivity contribution >= 4 is 145 Å². The summed E-state index contributed by atoms with van der Waals surface area (Å²) in [5, 5.41) is 36.1. The van der Waals surface area contributed by atoms with Gasteiger partial charge in [0.1, 0.15) is 74.2 Å². The number of nitrogen functional groups attached to an aromatic ring is 1. The van der Waals surface area contributed by atoms with Gasteiger partial charge in [0.05, 0.1) is 63.3 Å². The molecule has 46 heteroatoms. The van der Waals surface area contributed by atoms with Crippen LogP contribution >= 0.6 is 44.2 Å². The summed E-state index contributed by atoms with van der Waals surface area (Å²) in [5.41, 5.74) is 23.1. The van der Waals surface area contributed by atoms with E-state index in [0.29, 0.717) is 120 Å². The molecule has 9 aromatic rings. The molecule has 0 saturated heterocycles. The molecule has 2 spiro atoms. The Morgan fingerprint density at radius 3 is 1.38 bits per heavy atom. The third-order valence-electron chi connectivity index (χ3n) is 23.8. The number of amides is 12. The van der Waals surface area contributed by atoms with Gasteiger partial charge in [-0.2, -0.15) is 4.90 Å². The van der Waals surface area contributed by atoms with Gasteiger partial charge in [0.2, 0.25) is 0 Å². The minimum atomic E-state index is -0.980. The molecule has 6 aliphatic heterocycles. The Morgan fingerprint density at radius 2 is 0.979 bits per heavy atom. The minimum Gasteiger partial charge on any atom is -1.00 e. The fraction of sp³-hybridized carbons (Fsp3) is 0.371. The number of ketones is 1. The summed E-state index contributed by atoms with van der Waals surface area (Å²) < 4.78 is 13.8. The number of aliphatic hydroxyl groups is 2. The van der Waals surface area contributed by atoms with E-state index in [1.54, 1.807) is 140 Å². The molecule has 5 aromatic heterocycles. The number of carbonyl (C=O) groups is 14. The summed E-state index contributed by atoms with van der Waals surface area (Å²) in [6.07, 6.45) is 18.9. The molecule has 5 saturated carbocycles. The van der Waals surface area contributed by atoms with Gasteiger partial charge in [0.25, 0.3) is 88.1 Å². The molecule has 20 rings (SSSR count). The number of aliphatic hydroxyl groups excluding tert-OH is 2. The van der Waals surface area contributed by atoms with Crippen molar-refractivity contribution < 1.29 is 198 Å². The molecule has 5 aliphatic carbocycles. The maximum atomic E-state index is 13.0. The number of benzene rings is 4. The zero-order valence-electron chi connectivity index (χ0n) is 80.8. The first-order valence-electron chi connectivity index (χ1n) is 45.4. The molecule has 12 amide bonds. The van der Waals surface area contributed by atoms with E-state index in [1.807, 2.05) is 0 Å². The van der Waals surface area contributed by atoms with Gasteiger partial charge in [0, 0.05) is 69.7 Å². The topological polar surface area (TPSA) is 603 Å². The van der Waals surface area contributed by atoms with Gasteiger partial charge in [0.15, 0.2) is 0 Å². The number of hydrogen-bond acceptors (Lipinski definition) is 30. The summed E-state index contributed by atoms with van der Waals surface area (Å²) in [7, 11) is 1.08. The van der Waals surface area contributed by atoms with E-state index in [0.717, 1.165) is 79.2 Å². The molecule has 11 heterocycles. The fourth-order valence-corrected chi connectivity index (χ4v) is 18.0. The second kappa shape index (κ2) is 57.4. The van der Waals surface area contributed by atoms with Crippen LogP contribution in [0.2, 0.25) is 10.0 Å². The number of halogens is 3. The first kappa shape index (κ1) is 119. The summed E-state index contributed by atoms with van der Waals surface area (Å²) in [6.45, 7) is 8.14. The summed E-state index contributed by atoms with van der Waals surface area (Å²) in [6, 6.07) is 38.4. The van der Waals surface area contributed by atoms with Gasteiger partial charge < -0.3 is 70.4 Å². The van der Waals surface area contributed by atoms with Crippen LogP contribution < -0.4 is 164 Å². The monoisotopic (exact) mass is 2100 g/mol. The number of rotatable bonds is 8. The number of fused-ring (bicyclic) bond motifs is 8. The van der Waals surface area contributed by atoms with E-state index >= 15 is 0 Å². The molecule has 752 valence electrons. The van der Waals surface area contributed by atoms with Crippen molar-refractivity contribution in [3.63, 3.8) is 0 Å². The first-order valence-corrected chi connectivity index (χ1v) is 47.5. The summed E-state index contributed by atoms with van der Waals surface area (Å²) in [5.74, 6) is -2.93. The zero-order valence-corrected chi connectivity index (χ0v) is 88.4. The quantitative estimate of drug-likeness (QED) is 0.0259. The first-order chi connectivity index (χ1) is 67.1. The van der Waals surface area contributed by atoms with Crippen molar-refractivity contribution in [2.75, 3.05) is 31.0 Å². The number of pyridine rings is 3. The molecule has 5 fully saturated rings. The normalized spacial score (nSPS) is 21.1. The number of anilines is 3. The van der Waals surface area contributed by atoms with Crippen LogP contribution in [0.3, 0.4) is 0 Å². The average Bonchev–Trinajstić information content (AvgIpc) is 1.57. The van der Waals surface area contributed by atoms with Crippen molar-refractivity contribution in [3.8, 4) is 0 Å². The van der Waals surface area contributed by atoms with Crippen LogP contribution in [0.4, 0.5) is 22.1 Å². The molecular weight excluding hydrogens is 1980 g/mol. The number of ether oxygens (including phenoxy) is 1. The number of aromatic nitrogens is 7. The second-order valence-electron chi connectivity index (χ2n) is 33.1. The Kier molecular flexibility index (Phi) is 47.9. The van der Waals surface area contributed by atoms with Gasteiger partial charge in [-0.15, -0.1) is 21.0 Å². The molecular formula is C97H114Cl3K2N18O22P. The van der Waals surface area contributed by atoms with Gasteiger partial charge in [-0.3, -0.25) is 101 Å². The molecule has 4 aromatic carbocycles. The third-order valence-corrected chi connectivity index (χ3v) is 24.4. The van der Waals surface area contributed by atoms with Crippen LogP contribution in [0.5, 0.6) is 0 Å². The maximum absolute atomic E-state index is 13.0. The standard InChI is InChI=1S/C20H16ClN3O4.C16H18N6O2.C14H15NO3.C14H13NO3.C11H9NO4.C6H5ClN2O2.C6H13NO.C4H5N3.C2H7P.C2H6.CH2O3.CH4.ClH.2K.H/c21-14-7-8-15-16(25)22-20(24(15)19(14)28)9-3-4-11(10-20)23-17(26)12-5-1-2-6-13(12)18(23)27;17-10-2-1-6-16(8-10)21-14(23)12-4-3-11(15(24)22(12)16)20-13-5-7-18-9-19-13;2*16-10-5-3-4-9(8-10)15-13(17)11-6-1-2-7-12(11)14(15)18;1-2-16-11(15)12-9(13)7-5-3-4-6-8(7)10(12)14;7-3-1-2-4(5(8)10)9-6(3)11;7-5-2-1-3-6(8)4-5;5-4-1-2-6-3-7-4;1-3-2;1-2;2-1-4-3;;;;;/h1-2,5-8,11H,3-4,9-10H2,(H,22,25);3-5,7,9-10H,1-2,6,8,17H2,(H,21,23)(H,18,19,20);1-2,6-7,9-10,16H,3-5,8H2;1-2,6-7,9H,3-5,8H2;3-6H,2H2,1H3;1-2H,(H2,8,10)(H,9,11);5-6,8H,1-4,7H2;1-3H,(H2,5,6,7);3H,1-2H3;1-2H3;1,3H;1H4;1H;;;/q;;;;;;;;;;;;;2*+1;-1/p-1/t11-,20?;10-,16?;9-,10+;9-;;;5-,6+;;;;;;;;;/m0000..0........./s1/i;;;;;;;;;1D;;;;;;. The van der Waals surface area contributed by atoms with Crippen molar-refractivity contribution in [2.24, 2.45) is 17.2 Å². The largest absolute Gasteiger partial charge is 1.00 e. The van der Waals surface area contributed by atoms with Crippen LogP contribution in [0.1, 0.15) is 274 Å². The summed E-state index contributed by atoms with van der Waals surface area (Å²) in [4.78, 5) is 226. The van der Waals surface area contributed by atoms with Crippen LogP contribution in [0, 0.1) is 0 Å². The van der Waals surface area contributed by atoms with Crippen LogP contribution in [0.15, 0.2) is 185 Å². The Hall–Kier alpha value is -10.6. The van der Waals surface area contributed by atoms with E-state index < -0.39 is 58.4 Å². The third kappa shape index (κ3) is 29.7. The van der Waals surface area contributed by atoms with Crippen LogP contribution in [-0.4, -0.2) is 210 Å². The Morgan fingerprint density at radius 1 is 0.566 bits per heavy atom. The number of imide groups is 6. The number of nitrogens with one attached hydrogen (secondary N) is 4. The zero-order chi connectivity index (χ0) is 102. The minimum absolute atomic E-state index is 0. The number of nitrogens with zero attached hydrogens (tertiary/aromatic N) is 10. The summed E-state index contributed by atoms with van der Waals surface area (Å²) >= 11 is 11.4. The molecule has 40 nitrogen and oxygen atoms in total. The number of H-pyrrole nitrogens is 1. The predicted molar refractivity (Wildman–Crippen MR) is 525 cm³/mol. The van der Waals surface area contributed by atoms with Gasteiger partial charge in [-0.25, -0.2) is 24.7 Å². The maximum Gasteiger partial charge on any atom is 1.00 e. The van der Waals surface area contributed by atoms with E-state index in [4.69, 9.17) is 62.7 Å². The van der Waals surface area contributed by atoms with E-state index in [9.17, 15) is 81.8 Å². The van der Waals surface area contributed by atoms with Gasteiger partial charge >= 0.3 is 109 Å². The molecule has 2 unspecified atom stereocenters. The number of hydrogen-bond donors (Lipinski definition) is 10. The molecule has 14 N–H and O–H groups in total. The Labute approximate surface area is 929 Å². The van der Waals surface area contributed by atoms with Crippen molar-refractivity contribution in [2.45, 2.75) is 210 Å². The molecule has 0 bridgehead atoms. The SMILES string of the molecule is C.CCOC(=O)N1C(=O)c2ccccc2C1=O.CPC.Cl.NC(=O)c1ccc(Cl)c(=O)[nH]1.N[C@H]1CCCC2(C1)NC(=O)c1ccc(Nc3ccncn3)c(=O)n12.N[C@H]1CCC[C@@H](O)C1.Nc1ccncn1.O=C1CCC[C@H](N2C(=O)c3ccccc3C2=O)C1.O=C1NC2(CCC[C@H](N3C(=O)c4ccccc4C3=O)C2)n2c1ccc(Cl)c2=O.O=C1c2ccccc2C(=O)N1[C@H]1CCC[C@@H](O)C1.O=CO[O-].[2H]CC.[H-].[K+].[K+]. The molecule has 9 atom stereocenters. The van der Waals surface area contributed by atoms with Crippen molar-refractivity contribution in [3.05, 3.63) is 273 Å². The number of primary amides is 1. The Bertz CT molecular complexity index is 6140. The van der Waals surface area contributed by atoms with E-state index in [1.165, 1.54) is 68.3 Å². The fourth-order valence-electron chi connectivity index (χ4n) is 17.7. The molecule has 0 radical (unpaired) electrons. The number of Topliss-reactive ketones (excluding diaryl/α,β-unsaturated/α-hetero) is 1. The number of nitrogens with two attached hydrogens (primary N) is 4. The van der Waals surface area contributed by atoms with Gasteiger partial charge in [-0.05, 0) is 220 Å². The second-order valence-corrected chi connectivity index (χ2v) is 34.9. The molecule has 143 heavy (non-hydrogen) atoms. The van der Waals surface area contributed by atoms with Crippen molar-refractivity contribution in [1.82, 2.24) is 64.3 Å². The number of carbonyl (C=O) groups excluding carboxylic acids is 14. The van der Waals surface area contributed by atoms with E-state index in [2.05, 4.69) is 63.8 Å². The molecule has 11 aliphatic rings. The predicted octanol–water partition coefficient (Wildman–Crippen LogP) is 3.63. The average molecular weight is 2100 g/mol.